The molecule has 0 saturated heterocycles. The fourth-order valence-electron chi connectivity index (χ4n) is 0.338. The maximum Gasteiger partial charge on any atom is 0.100 e. The van der Waals surface area contributed by atoms with E-state index in [0.29, 0.717) is 8.81 Å². The lowest BCUT2D eigenvalue weighted by Gasteiger charge is -2.03. The number of hydrogen-bond acceptors (Lipinski definition) is 1. The first kappa shape index (κ1) is 4.86. The Balaban J connectivity index is 2.57. The van der Waals surface area contributed by atoms with Crippen molar-refractivity contribution < 1.29 is 4.52 Å². The second-order valence-electron chi connectivity index (χ2n) is 1.21. The molecule has 0 amide bonds. The van der Waals surface area contributed by atoms with E-state index in [1.807, 2.05) is 18.0 Å². The summed E-state index contributed by atoms with van der Waals surface area (Å²) in [7, 11) is 0.471. The molecule has 1 nitrogen and oxygen atoms in total. The van der Waals surface area contributed by atoms with Crippen molar-refractivity contribution in [1.29, 1.82) is 0 Å². The van der Waals surface area contributed by atoms with Crippen LogP contribution in [-0.2, 0) is 4.52 Å². The highest BCUT2D eigenvalue weighted by Gasteiger charge is 1.88. The summed E-state index contributed by atoms with van der Waals surface area (Å²) >= 11 is 0. The van der Waals surface area contributed by atoms with Gasteiger partial charge in [-0.1, -0.05) is 6.08 Å². The summed E-state index contributed by atoms with van der Waals surface area (Å²) in [4.78, 5) is 0. The first-order chi connectivity index (χ1) is 3.39. The van der Waals surface area contributed by atoms with Gasteiger partial charge in [0.25, 0.3) is 0 Å². The molecule has 2 heteroatoms. The summed E-state index contributed by atoms with van der Waals surface area (Å²) in [5.41, 5.74) is 0. The topological polar surface area (TPSA) is 9.23 Å². The molecule has 1 unspecified atom stereocenters. The second-order valence-corrected chi connectivity index (χ2v) is 1.99. The molecule has 1 rings (SSSR count). The van der Waals surface area contributed by atoms with Crippen molar-refractivity contribution in [3.05, 3.63) is 30.7 Å². The van der Waals surface area contributed by atoms with Crippen molar-refractivity contribution in [3.8, 4) is 0 Å². The van der Waals surface area contributed by atoms with Gasteiger partial charge in [0.2, 0.25) is 0 Å². The van der Waals surface area contributed by atoms with Crippen LogP contribution in [-0.4, -0.2) is 0 Å². The molecular formula is C5H6OP. The summed E-state index contributed by atoms with van der Waals surface area (Å²) in [5.74, 6) is 2.73. The van der Waals surface area contributed by atoms with E-state index in [0.717, 1.165) is 5.76 Å². The van der Waals surface area contributed by atoms with Gasteiger partial charge < -0.3 is 4.52 Å². The zero-order valence-electron chi connectivity index (χ0n) is 3.85. The van der Waals surface area contributed by atoms with Crippen LogP contribution in [0.4, 0.5) is 0 Å². The highest BCUT2D eigenvalue weighted by Crippen LogP contribution is 2.22. The van der Waals surface area contributed by atoms with Crippen LogP contribution in [0.3, 0.4) is 0 Å². The van der Waals surface area contributed by atoms with Crippen LogP contribution in [0, 0.1) is 6.92 Å². The molecule has 1 atom stereocenters. The van der Waals surface area contributed by atoms with Crippen molar-refractivity contribution in [3.63, 3.8) is 0 Å². The van der Waals surface area contributed by atoms with E-state index in [9.17, 15) is 0 Å². The predicted molar refractivity (Wildman–Crippen MR) is 32.0 cm³/mol. The summed E-state index contributed by atoms with van der Waals surface area (Å²) in [5, 5.41) is 0. The smallest absolute Gasteiger partial charge is 0.100 e. The molecule has 0 aromatic carbocycles. The van der Waals surface area contributed by atoms with Gasteiger partial charge >= 0.3 is 0 Å². The Morgan fingerprint density at radius 1 is 1.71 bits per heavy atom. The van der Waals surface area contributed by atoms with Crippen molar-refractivity contribution >= 4 is 8.81 Å². The van der Waals surface area contributed by atoms with E-state index in [1.165, 1.54) is 0 Å². The van der Waals surface area contributed by atoms with Crippen LogP contribution in [0.25, 0.3) is 0 Å². The molecule has 1 heterocycles. The Kier molecular flexibility index (Phi) is 1.48. The van der Waals surface area contributed by atoms with Crippen LogP contribution >= 0.6 is 8.81 Å². The largest absolute Gasteiger partial charge is 0.477 e. The molecule has 0 spiro atoms. The van der Waals surface area contributed by atoms with E-state index < -0.39 is 0 Å². The molecular weight excluding hydrogens is 107 g/mol. The van der Waals surface area contributed by atoms with E-state index in [4.69, 9.17) is 4.52 Å². The van der Waals surface area contributed by atoms with E-state index in [-0.39, 0.29) is 0 Å². The maximum atomic E-state index is 4.97. The van der Waals surface area contributed by atoms with Crippen molar-refractivity contribution in [2.75, 3.05) is 0 Å². The summed E-state index contributed by atoms with van der Waals surface area (Å²) in [6.45, 7) is 3.59. The van der Waals surface area contributed by atoms with E-state index in [1.54, 1.807) is 0 Å². The first-order valence-electron chi connectivity index (χ1n) is 2.01. The molecule has 7 heavy (non-hydrogen) atoms. The monoisotopic (exact) mass is 113 g/mol. The molecule has 1 aliphatic rings. The number of hydrogen-bond donors (Lipinski definition) is 0. The predicted octanol–water partition coefficient (Wildman–Crippen LogP) is 1.84. The van der Waals surface area contributed by atoms with Crippen LogP contribution in [0.5, 0.6) is 0 Å². The normalized spacial score (nSPS) is 21.6. The van der Waals surface area contributed by atoms with Crippen LogP contribution in [0.2, 0.25) is 0 Å². The standard InChI is InChI=1S/C5H6OP/c1-5-3-2-4-7-6-5/h2-4,7H,1H2. The fraction of sp³-hybridized carbons (Fsp3) is 0. The number of allylic oxidation sites excluding steroid dienone is 3. The lowest BCUT2D eigenvalue weighted by Crippen LogP contribution is -1.75. The maximum absolute atomic E-state index is 4.97. The van der Waals surface area contributed by atoms with E-state index >= 15 is 0 Å². The van der Waals surface area contributed by atoms with Gasteiger partial charge in [-0.25, -0.2) is 0 Å². The molecule has 0 aromatic rings. The molecule has 0 aromatic heterocycles. The minimum absolute atomic E-state index is 0.471. The summed E-state index contributed by atoms with van der Waals surface area (Å²) in [6.07, 6.45) is 3.79. The molecule has 1 aliphatic heterocycles. The summed E-state index contributed by atoms with van der Waals surface area (Å²) < 4.78 is 4.97. The lowest BCUT2D eigenvalue weighted by atomic mass is 10.5. The van der Waals surface area contributed by atoms with Crippen LogP contribution in [0.1, 0.15) is 0 Å². The zero-order valence-corrected chi connectivity index (χ0v) is 4.85. The van der Waals surface area contributed by atoms with Gasteiger partial charge in [-0.2, -0.15) is 0 Å². The molecule has 0 fully saturated rings. The third kappa shape index (κ3) is 1.32. The molecule has 37 valence electrons. The zero-order chi connectivity index (χ0) is 5.11. The van der Waals surface area contributed by atoms with Gasteiger partial charge in [-0.3, -0.25) is 0 Å². The Hall–Kier alpha value is -0.290. The van der Waals surface area contributed by atoms with Crippen molar-refractivity contribution in [1.82, 2.24) is 0 Å². The van der Waals surface area contributed by atoms with Crippen molar-refractivity contribution in [2.24, 2.45) is 0 Å². The third-order valence-electron chi connectivity index (χ3n) is 0.636. The third-order valence-corrected chi connectivity index (χ3v) is 1.34. The number of rotatable bonds is 0. The summed E-state index contributed by atoms with van der Waals surface area (Å²) in [6, 6.07) is 0. The first-order valence-corrected chi connectivity index (χ1v) is 2.99. The fourth-order valence-corrected chi connectivity index (χ4v) is 0.801. The molecule has 0 aliphatic carbocycles. The Morgan fingerprint density at radius 2 is 2.57 bits per heavy atom. The lowest BCUT2D eigenvalue weighted by molar-refractivity contribution is 0.509. The van der Waals surface area contributed by atoms with Crippen molar-refractivity contribution in [2.45, 2.75) is 0 Å². The van der Waals surface area contributed by atoms with Crippen LogP contribution < -0.4 is 0 Å². The highest BCUT2D eigenvalue weighted by molar-refractivity contribution is 7.36. The average molecular weight is 113 g/mol. The van der Waals surface area contributed by atoms with Gasteiger partial charge in [-0.15, -0.1) is 0 Å². The minimum Gasteiger partial charge on any atom is -0.477 e. The second kappa shape index (κ2) is 2.13. The van der Waals surface area contributed by atoms with Crippen LogP contribution in [0.15, 0.2) is 23.7 Å². The molecule has 1 radical (unpaired) electrons. The molecule has 0 saturated carbocycles. The minimum atomic E-state index is 0.471. The highest BCUT2D eigenvalue weighted by atomic mass is 31.1. The molecule has 0 bridgehead atoms. The average Bonchev–Trinajstić information content (AvgIpc) is 1.69. The van der Waals surface area contributed by atoms with E-state index in [2.05, 4.69) is 6.92 Å². The van der Waals surface area contributed by atoms with Gasteiger partial charge in [0.05, 0.1) is 8.81 Å². The Bertz CT molecular complexity index is 115. The van der Waals surface area contributed by atoms with Gasteiger partial charge in [0.15, 0.2) is 0 Å². The Labute approximate surface area is 44.9 Å². The Morgan fingerprint density at radius 3 is 2.86 bits per heavy atom. The van der Waals surface area contributed by atoms with Gasteiger partial charge in [-0.05, 0) is 11.9 Å². The molecule has 0 N–H and O–H groups in total. The quantitative estimate of drug-likeness (QED) is 0.435. The van der Waals surface area contributed by atoms with Gasteiger partial charge in [0, 0.05) is 6.92 Å². The van der Waals surface area contributed by atoms with Gasteiger partial charge in [0.1, 0.15) is 5.76 Å². The SMILES string of the molecule is [CH2]C1=CC=CPO1.